The van der Waals surface area contributed by atoms with Crippen LogP contribution in [0.1, 0.15) is 0 Å². The van der Waals surface area contributed by atoms with Crippen LogP contribution in [0.15, 0.2) is 158 Å². The fourth-order valence-electron chi connectivity index (χ4n) is 5.08. The normalized spacial score (nSPS) is 10.8. The highest BCUT2D eigenvalue weighted by atomic mass is 15.1. The van der Waals surface area contributed by atoms with Gasteiger partial charge in [-0.1, -0.05) is 140 Å². The van der Waals surface area contributed by atoms with E-state index < -0.39 is 0 Å². The molecule has 0 fully saturated rings. The Morgan fingerprint density at radius 1 is 0.316 bits per heavy atom. The average Bonchev–Trinajstić information content (AvgIpc) is 3.02. The van der Waals surface area contributed by atoms with Crippen molar-refractivity contribution in [3.8, 4) is 44.5 Å². The molecule has 0 saturated carbocycles. The van der Waals surface area contributed by atoms with Gasteiger partial charge < -0.3 is 4.90 Å². The Morgan fingerprint density at radius 3 is 1.29 bits per heavy atom. The van der Waals surface area contributed by atoms with E-state index in [2.05, 4.69) is 170 Å². The molecule has 0 N–H and O–H groups in total. The van der Waals surface area contributed by atoms with Crippen LogP contribution in [0.4, 0.5) is 11.4 Å². The Bertz CT molecular complexity index is 1630. The minimum atomic E-state index is 1.15. The van der Waals surface area contributed by atoms with E-state index in [1.54, 1.807) is 0 Å². The number of hydrogen-bond acceptors (Lipinski definition) is 1. The largest absolute Gasteiger partial charge is 0.344 e. The molecule has 0 atom stereocenters. The molecule has 6 aromatic carbocycles. The summed E-state index contributed by atoms with van der Waals surface area (Å²) in [5.41, 5.74) is 12.1. The van der Waals surface area contributed by atoms with Crippen molar-refractivity contribution in [3.63, 3.8) is 0 Å². The van der Waals surface area contributed by atoms with Gasteiger partial charge in [0.2, 0.25) is 0 Å². The summed E-state index contributed by atoms with van der Waals surface area (Å²) in [6, 6.07) is 56.1. The Labute approximate surface area is 225 Å². The summed E-state index contributed by atoms with van der Waals surface area (Å²) in [7, 11) is 2.15. The molecule has 6 aromatic rings. The van der Waals surface area contributed by atoms with Gasteiger partial charge in [0.15, 0.2) is 0 Å². The zero-order chi connectivity index (χ0) is 25.7. The second-order valence-corrected chi connectivity index (χ2v) is 9.48. The van der Waals surface area contributed by atoms with Crippen molar-refractivity contribution in [2.24, 2.45) is 0 Å². The zero-order valence-electron chi connectivity index (χ0n) is 21.5. The second kappa shape index (κ2) is 10.6. The maximum absolute atomic E-state index is 2.28. The lowest BCUT2D eigenvalue weighted by Crippen LogP contribution is -2.10. The van der Waals surface area contributed by atoms with Gasteiger partial charge in [-0.25, -0.2) is 0 Å². The number of benzene rings is 6. The first-order valence-electron chi connectivity index (χ1n) is 13.0. The first-order chi connectivity index (χ1) is 18.8. The number of nitrogens with zero attached hydrogens (tertiary/aromatic N) is 1. The molecule has 0 saturated heterocycles. The van der Waals surface area contributed by atoms with Crippen LogP contribution in [-0.2, 0) is 0 Å². The molecule has 0 radical (unpaired) electrons. The van der Waals surface area contributed by atoms with Crippen LogP contribution in [0.3, 0.4) is 0 Å². The number of anilines is 2. The SMILES string of the molecule is CN(c1ccc(-c2ccc(-c3ccccc3)cc2)cc1)c1ccccc1-c1ccccc1-c1ccccc1. The van der Waals surface area contributed by atoms with Crippen molar-refractivity contribution >= 4 is 11.4 Å². The van der Waals surface area contributed by atoms with Crippen molar-refractivity contribution in [2.45, 2.75) is 0 Å². The highest BCUT2D eigenvalue weighted by Gasteiger charge is 2.14. The molecule has 0 spiro atoms. The number of rotatable bonds is 6. The van der Waals surface area contributed by atoms with E-state index in [0.717, 1.165) is 5.69 Å². The molecule has 0 aromatic heterocycles. The molecule has 0 aliphatic rings. The van der Waals surface area contributed by atoms with E-state index in [1.165, 1.54) is 50.2 Å². The van der Waals surface area contributed by atoms with Gasteiger partial charge in [0, 0.05) is 24.0 Å². The summed E-state index contributed by atoms with van der Waals surface area (Å²) in [6.45, 7) is 0. The molecule has 0 aliphatic carbocycles. The fraction of sp³-hybridized carbons (Fsp3) is 0.0270. The monoisotopic (exact) mass is 487 g/mol. The van der Waals surface area contributed by atoms with E-state index in [4.69, 9.17) is 0 Å². The van der Waals surface area contributed by atoms with Crippen LogP contribution in [0.2, 0.25) is 0 Å². The maximum Gasteiger partial charge on any atom is 0.0487 e. The van der Waals surface area contributed by atoms with Crippen LogP contribution in [0, 0.1) is 0 Å². The van der Waals surface area contributed by atoms with Crippen LogP contribution < -0.4 is 4.90 Å². The molecular weight excluding hydrogens is 458 g/mol. The van der Waals surface area contributed by atoms with Gasteiger partial charge in [-0.2, -0.15) is 0 Å². The predicted molar refractivity (Wildman–Crippen MR) is 163 cm³/mol. The van der Waals surface area contributed by atoms with E-state index in [0.29, 0.717) is 0 Å². The van der Waals surface area contributed by atoms with Gasteiger partial charge in [-0.15, -0.1) is 0 Å². The van der Waals surface area contributed by atoms with Crippen LogP contribution >= 0.6 is 0 Å². The van der Waals surface area contributed by atoms with Gasteiger partial charge >= 0.3 is 0 Å². The lowest BCUT2D eigenvalue weighted by molar-refractivity contribution is 1.21. The standard InChI is InChI=1S/C37H29N/c1-38(33-26-24-31(25-27-33)30-22-20-29(21-23-30)28-12-4-2-5-13-28)37-19-11-10-18-36(37)35-17-9-8-16-34(35)32-14-6-3-7-15-32/h2-27H,1H3. The minimum Gasteiger partial charge on any atom is -0.344 e. The summed E-state index contributed by atoms with van der Waals surface area (Å²) in [4.78, 5) is 2.28. The third-order valence-corrected chi connectivity index (χ3v) is 7.15. The lowest BCUT2D eigenvalue weighted by atomic mass is 9.93. The molecule has 38 heavy (non-hydrogen) atoms. The van der Waals surface area contributed by atoms with Crippen molar-refractivity contribution in [1.29, 1.82) is 0 Å². The zero-order valence-corrected chi connectivity index (χ0v) is 21.5. The average molecular weight is 488 g/mol. The van der Waals surface area contributed by atoms with E-state index in [9.17, 15) is 0 Å². The van der Waals surface area contributed by atoms with E-state index in [1.807, 2.05) is 0 Å². The molecule has 182 valence electrons. The maximum atomic E-state index is 2.28. The van der Waals surface area contributed by atoms with Crippen molar-refractivity contribution in [2.75, 3.05) is 11.9 Å². The molecule has 0 heterocycles. The Morgan fingerprint density at radius 2 is 0.711 bits per heavy atom. The van der Waals surface area contributed by atoms with E-state index in [-0.39, 0.29) is 0 Å². The highest BCUT2D eigenvalue weighted by molar-refractivity contribution is 5.91. The summed E-state index contributed by atoms with van der Waals surface area (Å²) in [5, 5.41) is 0. The Balaban J connectivity index is 1.30. The van der Waals surface area contributed by atoms with Crippen LogP contribution in [0.25, 0.3) is 44.5 Å². The van der Waals surface area contributed by atoms with E-state index >= 15 is 0 Å². The highest BCUT2D eigenvalue weighted by Crippen LogP contribution is 2.39. The summed E-state index contributed by atoms with van der Waals surface area (Å²) in [5.74, 6) is 0. The molecule has 0 unspecified atom stereocenters. The quantitative estimate of drug-likeness (QED) is 0.226. The van der Waals surface area contributed by atoms with Gasteiger partial charge in [-0.3, -0.25) is 0 Å². The first-order valence-corrected chi connectivity index (χ1v) is 13.0. The number of hydrogen-bond donors (Lipinski definition) is 0. The minimum absolute atomic E-state index is 1.15. The third-order valence-electron chi connectivity index (χ3n) is 7.15. The van der Waals surface area contributed by atoms with Crippen molar-refractivity contribution < 1.29 is 0 Å². The van der Waals surface area contributed by atoms with Gasteiger partial charge in [-0.05, 0) is 57.1 Å². The third kappa shape index (κ3) is 4.75. The number of para-hydroxylation sites is 1. The summed E-state index contributed by atoms with van der Waals surface area (Å²) in [6.07, 6.45) is 0. The Kier molecular flexibility index (Phi) is 6.57. The molecule has 6 rings (SSSR count). The van der Waals surface area contributed by atoms with Crippen LogP contribution in [0.5, 0.6) is 0 Å². The molecule has 0 amide bonds. The Hall–Kier alpha value is -4.88. The molecule has 1 heteroatoms. The molecule has 1 nitrogen and oxygen atoms in total. The lowest BCUT2D eigenvalue weighted by Gasteiger charge is -2.24. The predicted octanol–water partition coefficient (Wildman–Crippen LogP) is 10.1. The van der Waals surface area contributed by atoms with Crippen molar-refractivity contribution in [3.05, 3.63) is 158 Å². The molecular formula is C37H29N. The second-order valence-electron chi connectivity index (χ2n) is 9.48. The van der Waals surface area contributed by atoms with Crippen molar-refractivity contribution in [1.82, 2.24) is 0 Å². The molecule has 0 bridgehead atoms. The van der Waals surface area contributed by atoms with Gasteiger partial charge in [0.05, 0.1) is 0 Å². The fourth-order valence-corrected chi connectivity index (χ4v) is 5.08. The summed E-state index contributed by atoms with van der Waals surface area (Å²) >= 11 is 0. The molecule has 0 aliphatic heterocycles. The van der Waals surface area contributed by atoms with Crippen LogP contribution in [-0.4, -0.2) is 7.05 Å². The first kappa shape index (κ1) is 23.5. The summed E-state index contributed by atoms with van der Waals surface area (Å²) < 4.78 is 0. The smallest absolute Gasteiger partial charge is 0.0487 e. The van der Waals surface area contributed by atoms with Gasteiger partial charge in [0.1, 0.15) is 0 Å². The topological polar surface area (TPSA) is 3.24 Å². The van der Waals surface area contributed by atoms with Gasteiger partial charge in [0.25, 0.3) is 0 Å².